The molecular formula is C22H30N4O3. The van der Waals surface area contributed by atoms with Crippen molar-refractivity contribution in [1.82, 2.24) is 20.0 Å². The first-order valence-electron chi connectivity index (χ1n) is 10.3. The zero-order chi connectivity index (χ0) is 20.8. The molecule has 1 N–H and O–H groups in total. The minimum atomic E-state index is -0.270. The van der Waals surface area contributed by atoms with Crippen LogP contribution in [0, 0.1) is 5.92 Å². The Morgan fingerprint density at radius 1 is 1.31 bits per heavy atom. The van der Waals surface area contributed by atoms with Crippen molar-refractivity contribution in [2.75, 3.05) is 19.7 Å². The number of nitrogens with one attached hydrogen (secondary N) is 1. The number of benzene rings is 1. The average molecular weight is 399 g/mol. The number of aromatic nitrogens is 2. The predicted molar refractivity (Wildman–Crippen MR) is 111 cm³/mol. The van der Waals surface area contributed by atoms with Gasteiger partial charge in [0.25, 0.3) is 5.91 Å². The van der Waals surface area contributed by atoms with Crippen molar-refractivity contribution in [3.8, 4) is 0 Å². The Kier molecular flexibility index (Phi) is 6.90. The molecule has 1 saturated heterocycles. The van der Waals surface area contributed by atoms with Crippen LogP contribution in [0.4, 0.5) is 4.79 Å². The maximum atomic E-state index is 13.0. The molecule has 0 bridgehead atoms. The van der Waals surface area contributed by atoms with Gasteiger partial charge in [-0.3, -0.25) is 9.48 Å². The van der Waals surface area contributed by atoms with E-state index in [1.54, 1.807) is 15.8 Å². The summed E-state index contributed by atoms with van der Waals surface area (Å²) in [4.78, 5) is 26.7. The highest BCUT2D eigenvalue weighted by Gasteiger charge is 2.29. The number of rotatable bonds is 6. The Balaban J connectivity index is 1.65. The highest BCUT2D eigenvalue weighted by atomic mass is 16.6. The molecule has 0 aliphatic carbocycles. The number of aryl methyl sites for hydroxylation is 1. The fourth-order valence-corrected chi connectivity index (χ4v) is 3.85. The average Bonchev–Trinajstić information content (AvgIpc) is 3.09. The van der Waals surface area contributed by atoms with Crippen LogP contribution >= 0.6 is 0 Å². The van der Waals surface area contributed by atoms with Crippen LogP contribution in [0.15, 0.2) is 36.5 Å². The van der Waals surface area contributed by atoms with Crippen LogP contribution < -0.4 is 5.32 Å². The standard InChI is InChI=1S/C22H30N4O3/c1-4-29-22(28)26-12-8-11-18(15-26)16(2)24-21(27)19-14-23-25(3)20(19)13-17-9-6-5-7-10-17/h5-7,9-10,14,16,18H,4,8,11-13,15H2,1-3H3,(H,24,27). The van der Waals surface area contributed by atoms with Crippen molar-refractivity contribution in [2.24, 2.45) is 13.0 Å². The Hall–Kier alpha value is -2.83. The molecule has 1 fully saturated rings. The second kappa shape index (κ2) is 9.58. The quantitative estimate of drug-likeness (QED) is 0.812. The van der Waals surface area contributed by atoms with E-state index in [2.05, 4.69) is 10.4 Å². The fourth-order valence-electron chi connectivity index (χ4n) is 3.85. The Morgan fingerprint density at radius 3 is 2.79 bits per heavy atom. The third-order valence-corrected chi connectivity index (χ3v) is 5.57. The summed E-state index contributed by atoms with van der Waals surface area (Å²) in [5.74, 6) is 0.0798. The third kappa shape index (κ3) is 5.16. The molecule has 2 aromatic rings. The summed E-state index contributed by atoms with van der Waals surface area (Å²) in [7, 11) is 1.86. The molecule has 2 amide bonds. The van der Waals surface area contributed by atoms with E-state index < -0.39 is 0 Å². The normalized spacial score (nSPS) is 17.6. The Bertz CT molecular complexity index is 834. The molecule has 3 rings (SSSR count). The van der Waals surface area contributed by atoms with Crippen LogP contribution in [0.1, 0.15) is 48.3 Å². The molecule has 0 saturated carbocycles. The summed E-state index contributed by atoms with van der Waals surface area (Å²) in [6.45, 7) is 5.50. The van der Waals surface area contributed by atoms with Crippen molar-refractivity contribution >= 4 is 12.0 Å². The smallest absolute Gasteiger partial charge is 0.409 e. The molecule has 1 aliphatic heterocycles. The van der Waals surface area contributed by atoms with Gasteiger partial charge in [0.1, 0.15) is 0 Å². The van der Waals surface area contributed by atoms with Gasteiger partial charge in [0.2, 0.25) is 0 Å². The largest absolute Gasteiger partial charge is 0.450 e. The fraction of sp³-hybridized carbons (Fsp3) is 0.500. The number of ether oxygens (including phenoxy) is 1. The first-order valence-corrected chi connectivity index (χ1v) is 10.3. The van der Waals surface area contributed by atoms with Gasteiger partial charge in [0, 0.05) is 32.6 Å². The summed E-state index contributed by atoms with van der Waals surface area (Å²) in [6, 6.07) is 10.0. The molecule has 7 heteroatoms. The van der Waals surface area contributed by atoms with E-state index in [0.717, 1.165) is 24.1 Å². The first-order chi connectivity index (χ1) is 14.0. The molecule has 0 spiro atoms. The molecule has 7 nitrogen and oxygen atoms in total. The van der Waals surface area contributed by atoms with Gasteiger partial charge in [-0.05, 0) is 38.2 Å². The molecule has 2 unspecified atom stereocenters. The summed E-state index contributed by atoms with van der Waals surface area (Å²) in [5, 5.41) is 7.42. The van der Waals surface area contributed by atoms with Crippen LogP contribution in [0.5, 0.6) is 0 Å². The highest BCUT2D eigenvalue weighted by Crippen LogP contribution is 2.21. The third-order valence-electron chi connectivity index (χ3n) is 5.57. The van der Waals surface area contributed by atoms with Crippen LogP contribution in [0.3, 0.4) is 0 Å². The van der Waals surface area contributed by atoms with Crippen molar-refractivity contribution in [1.29, 1.82) is 0 Å². The van der Waals surface area contributed by atoms with Crippen molar-refractivity contribution < 1.29 is 14.3 Å². The van der Waals surface area contributed by atoms with E-state index in [1.807, 2.05) is 51.2 Å². The Morgan fingerprint density at radius 2 is 2.07 bits per heavy atom. The summed E-state index contributed by atoms with van der Waals surface area (Å²) in [6.07, 6.45) is 3.89. The Labute approximate surface area is 172 Å². The lowest BCUT2D eigenvalue weighted by atomic mass is 9.91. The summed E-state index contributed by atoms with van der Waals surface area (Å²) < 4.78 is 6.88. The predicted octanol–water partition coefficient (Wildman–Crippen LogP) is 3.00. The topological polar surface area (TPSA) is 76.5 Å². The molecule has 2 heterocycles. The van der Waals surface area contributed by atoms with Crippen LogP contribution in [-0.4, -0.2) is 52.4 Å². The molecule has 1 aliphatic rings. The molecule has 29 heavy (non-hydrogen) atoms. The van der Waals surface area contributed by atoms with Crippen LogP contribution in [-0.2, 0) is 18.2 Å². The van der Waals surface area contributed by atoms with E-state index in [4.69, 9.17) is 4.74 Å². The molecule has 0 radical (unpaired) electrons. The zero-order valence-electron chi connectivity index (χ0n) is 17.4. The number of hydrogen-bond acceptors (Lipinski definition) is 4. The van der Waals surface area contributed by atoms with Gasteiger partial charge < -0.3 is 15.0 Å². The first kappa shape index (κ1) is 20.9. The highest BCUT2D eigenvalue weighted by molar-refractivity contribution is 5.95. The summed E-state index contributed by atoms with van der Waals surface area (Å²) in [5.41, 5.74) is 2.62. The maximum Gasteiger partial charge on any atom is 0.409 e. The SMILES string of the molecule is CCOC(=O)N1CCCC(C(C)NC(=O)c2cnn(C)c2Cc2ccccc2)C1. The lowest BCUT2D eigenvalue weighted by molar-refractivity contribution is 0.0788. The molecule has 1 aromatic heterocycles. The minimum Gasteiger partial charge on any atom is -0.450 e. The van der Waals surface area contributed by atoms with Gasteiger partial charge in [0.15, 0.2) is 0 Å². The van der Waals surface area contributed by atoms with Crippen LogP contribution in [0.2, 0.25) is 0 Å². The monoisotopic (exact) mass is 398 g/mol. The van der Waals surface area contributed by atoms with Gasteiger partial charge >= 0.3 is 6.09 Å². The lowest BCUT2D eigenvalue weighted by Crippen LogP contribution is -2.48. The van der Waals surface area contributed by atoms with E-state index in [0.29, 0.717) is 31.7 Å². The van der Waals surface area contributed by atoms with Crippen molar-refractivity contribution in [2.45, 2.75) is 39.2 Å². The van der Waals surface area contributed by atoms with Gasteiger partial charge in [-0.15, -0.1) is 0 Å². The number of piperidine rings is 1. The van der Waals surface area contributed by atoms with E-state index in [-0.39, 0.29) is 24.0 Å². The van der Waals surface area contributed by atoms with Crippen molar-refractivity contribution in [3.05, 3.63) is 53.3 Å². The molecule has 2 atom stereocenters. The number of hydrogen-bond donors (Lipinski definition) is 1. The number of likely N-dealkylation sites (tertiary alicyclic amines) is 1. The number of amides is 2. The van der Waals surface area contributed by atoms with Crippen molar-refractivity contribution in [3.63, 3.8) is 0 Å². The van der Waals surface area contributed by atoms with Gasteiger partial charge in [-0.25, -0.2) is 4.79 Å². The van der Waals surface area contributed by atoms with Gasteiger partial charge in [0.05, 0.1) is 24.1 Å². The minimum absolute atomic E-state index is 0.0514. The second-order valence-corrected chi connectivity index (χ2v) is 7.60. The molecule has 1 aromatic carbocycles. The van der Waals surface area contributed by atoms with Crippen LogP contribution in [0.25, 0.3) is 0 Å². The zero-order valence-corrected chi connectivity index (χ0v) is 17.4. The molecular weight excluding hydrogens is 368 g/mol. The number of carbonyl (C=O) groups excluding carboxylic acids is 2. The molecule has 156 valence electrons. The van der Waals surface area contributed by atoms with E-state index in [9.17, 15) is 9.59 Å². The van der Waals surface area contributed by atoms with Gasteiger partial charge in [-0.1, -0.05) is 30.3 Å². The lowest BCUT2D eigenvalue weighted by Gasteiger charge is -2.35. The second-order valence-electron chi connectivity index (χ2n) is 7.60. The van der Waals surface area contributed by atoms with E-state index in [1.165, 1.54) is 0 Å². The summed E-state index contributed by atoms with van der Waals surface area (Å²) >= 11 is 0. The number of carbonyl (C=O) groups is 2. The van der Waals surface area contributed by atoms with Gasteiger partial charge in [-0.2, -0.15) is 5.10 Å². The van der Waals surface area contributed by atoms with E-state index >= 15 is 0 Å². The maximum absolute atomic E-state index is 13.0. The number of nitrogens with zero attached hydrogens (tertiary/aromatic N) is 3.